The first-order valence-corrected chi connectivity index (χ1v) is 6.30. The number of hydroxylamine groups is 2. The van der Waals surface area contributed by atoms with Gasteiger partial charge < -0.3 is 4.74 Å². The number of aryl methyl sites for hydroxylation is 1. The van der Waals surface area contributed by atoms with Gasteiger partial charge in [-0.15, -0.1) is 0 Å². The Kier molecular flexibility index (Phi) is 3.71. The van der Waals surface area contributed by atoms with Gasteiger partial charge in [0.05, 0.1) is 24.2 Å². The minimum atomic E-state index is -0.549. The number of carbonyl (C=O) groups excluding carboxylic acids is 1. The molecule has 0 radical (unpaired) electrons. The van der Waals surface area contributed by atoms with Crippen molar-refractivity contribution >= 4 is 6.09 Å². The summed E-state index contributed by atoms with van der Waals surface area (Å²) in [5.41, 5.74) is 1.01. The molecular weight excluding hydrogens is 246 g/mol. The van der Waals surface area contributed by atoms with E-state index in [1.165, 1.54) is 5.06 Å². The van der Waals surface area contributed by atoms with Gasteiger partial charge >= 0.3 is 6.09 Å². The molecule has 1 aromatic heterocycles. The van der Waals surface area contributed by atoms with Crippen LogP contribution in [-0.4, -0.2) is 33.3 Å². The van der Waals surface area contributed by atoms with Gasteiger partial charge in [-0.2, -0.15) is 5.06 Å². The molecule has 0 N–H and O–H groups in total. The molecule has 1 aliphatic rings. The highest BCUT2D eigenvalue weighted by molar-refractivity contribution is 5.67. The number of nitrogens with zero attached hydrogens (tertiary/aromatic N) is 3. The molecule has 6 nitrogen and oxygen atoms in total. The molecule has 1 atom stereocenters. The van der Waals surface area contributed by atoms with Crippen LogP contribution in [0.5, 0.6) is 0 Å². The zero-order valence-electron chi connectivity index (χ0n) is 11.7. The van der Waals surface area contributed by atoms with Crippen LogP contribution in [0.4, 0.5) is 4.79 Å². The Hall–Kier alpha value is -1.69. The second-order valence-electron chi connectivity index (χ2n) is 5.53. The molecule has 0 spiro atoms. The Bertz CT molecular complexity index is 453. The molecule has 104 valence electrons. The van der Waals surface area contributed by atoms with Crippen LogP contribution in [0.2, 0.25) is 0 Å². The standard InChI is InChI=1S/C13H19N3O3/c1-9-7-15-10(8-14-9)11-5-6-18-16(11)12(17)19-13(2,3)4/h7-8,11H,5-6H2,1-4H3/t11-/m0/s1. The molecule has 0 aliphatic carbocycles. The number of rotatable bonds is 1. The lowest BCUT2D eigenvalue weighted by Crippen LogP contribution is -2.36. The maximum Gasteiger partial charge on any atom is 0.435 e. The van der Waals surface area contributed by atoms with E-state index in [4.69, 9.17) is 9.57 Å². The fourth-order valence-electron chi connectivity index (χ4n) is 1.80. The lowest BCUT2D eigenvalue weighted by Gasteiger charge is -2.26. The third kappa shape index (κ3) is 3.41. The quantitative estimate of drug-likeness (QED) is 0.780. The zero-order valence-corrected chi connectivity index (χ0v) is 11.7. The number of amides is 1. The van der Waals surface area contributed by atoms with E-state index in [9.17, 15) is 4.79 Å². The lowest BCUT2D eigenvalue weighted by molar-refractivity contribution is -0.125. The van der Waals surface area contributed by atoms with Gasteiger partial charge in [-0.05, 0) is 27.7 Å². The smallest absolute Gasteiger partial charge is 0.435 e. The molecule has 6 heteroatoms. The Morgan fingerprint density at radius 3 is 2.74 bits per heavy atom. The molecule has 0 unspecified atom stereocenters. The largest absolute Gasteiger partial charge is 0.442 e. The molecule has 1 aromatic rings. The minimum Gasteiger partial charge on any atom is -0.442 e. The van der Waals surface area contributed by atoms with Crippen molar-refractivity contribution in [1.29, 1.82) is 0 Å². The van der Waals surface area contributed by atoms with Crippen LogP contribution in [-0.2, 0) is 9.57 Å². The summed E-state index contributed by atoms with van der Waals surface area (Å²) in [6.07, 6.45) is 3.56. The van der Waals surface area contributed by atoms with Crippen molar-refractivity contribution < 1.29 is 14.4 Å². The lowest BCUT2D eigenvalue weighted by atomic mass is 10.1. The van der Waals surface area contributed by atoms with Crippen molar-refractivity contribution in [2.45, 2.75) is 45.8 Å². The molecule has 1 amide bonds. The molecule has 2 rings (SSSR count). The van der Waals surface area contributed by atoms with E-state index >= 15 is 0 Å². The van der Waals surface area contributed by atoms with Gasteiger partial charge in [0.15, 0.2) is 0 Å². The van der Waals surface area contributed by atoms with Gasteiger partial charge in [0.25, 0.3) is 0 Å². The van der Waals surface area contributed by atoms with E-state index in [-0.39, 0.29) is 6.04 Å². The fraction of sp³-hybridized carbons (Fsp3) is 0.615. The van der Waals surface area contributed by atoms with Crippen molar-refractivity contribution in [2.24, 2.45) is 0 Å². The maximum atomic E-state index is 12.0. The maximum absolute atomic E-state index is 12.0. The highest BCUT2D eigenvalue weighted by atomic mass is 16.7. The molecule has 1 fully saturated rings. The number of ether oxygens (including phenoxy) is 1. The van der Waals surface area contributed by atoms with Crippen LogP contribution in [0.25, 0.3) is 0 Å². The Morgan fingerprint density at radius 1 is 1.42 bits per heavy atom. The first-order valence-electron chi connectivity index (χ1n) is 6.30. The molecule has 2 heterocycles. The van der Waals surface area contributed by atoms with Crippen molar-refractivity contribution in [2.75, 3.05) is 6.61 Å². The molecule has 0 aromatic carbocycles. The summed E-state index contributed by atoms with van der Waals surface area (Å²) in [6, 6.07) is -0.233. The fourth-order valence-corrected chi connectivity index (χ4v) is 1.80. The topological polar surface area (TPSA) is 64.5 Å². The summed E-state index contributed by atoms with van der Waals surface area (Å²) in [5, 5.41) is 1.25. The summed E-state index contributed by atoms with van der Waals surface area (Å²) in [7, 11) is 0. The van der Waals surface area contributed by atoms with E-state index in [0.717, 1.165) is 5.69 Å². The van der Waals surface area contributed by atoms with Crippen molar-refractivity contribution in [3.8, 4) is 0 Å². The third-order valence-electron chi connectivity index (χ3n) is 2.62. The SMILES string of the molecule is Cc1cnc([C@@H]2CCON2C(=O)OC(C)(C)C)cn1. The van der Waals surface area contributed by atoms with Crippen molar-refractivity contribution in [3.05, 3.63) is 23.8 Å². The Labute approximate surface area is 112 Å². The summed E-state index contributed by atoms with van der Waals surface area (Å²) < 4.78 is 5.31. The van der Waals surface area contributed by atoms with Crippen LogP contribution in [0, 0.1) is 6.92 Å². The van der Waals surface area contributed by atoms with Crippen LogP contribution >= 0.6 is 0 Å². The first-order chi connectivity index (χ1) is 8.87. The van der Waals surface area contributed by atoms with Crippen molar-refractivity contribution in [3.63, 3.8) is 0 Å². The van der Waals surface area contributed by atoms with E-state index in [2.05, 4.69) is 9.97 Å². The Morgan fingerprint density at radius 2 is 2.16 bits per heavy atom. The normalized spacial score (nSPS) is 19.6. The highest BCUT2D eigenvalue weighted by Gasteiger charge is 2.35. The van der Waals surface area contributed by atoms with E-state index in [1.807, 2.05) is 27.7 Å². The number of hydrogen-bond donors (Lipinski definition) is 0. The monoisotopic (exact) mass is 265 g/mol. The second-order valence-corrected chi connectivity index (χ2v) is 5.53. The zero-order chi connectivity index (χ0) is 14.0. The van der Waals surface area contributed by atoms with E-state index in [0.29, 0.717) is 18.7 Å². The minimum absolute atomic E-state index is 0.233. The first kappa shape index (κ1) is 13.7. The van der Waals surface area contributed by atoms with Gasteiger partial charge in [0, 0.05) is 12.6 Å². The predicted molar refractivity (Wildman–Crippen MR) is 68.2 cm³/mol. The van der Waals surface area contributed by atoms with Crippen molar-refractivity contribution in [1.82, 2.24) is 15.0 Å². The molecule has 19 heavy (non-hydrogen) atoms. The molecule has 1 saturated heterocycles. The number of carbonyl (C=O) groups is 1. The second kappa shape index (κ2) is 5.13. The van der Waals surface area contributed by atoms with Crippen LogP contribution in [0.15, 0.2) is 12.4 Å². The summed E-state index contributed by atoms with van der Waals surface area (Å²) in [6.45, 7) is 7.80. The van der Waals surface area contributed by atoms with Gasteiger partial charge in [-0.25, -0.2) is 4.79 Å². The molecule has 0 saturated carbocycles. The average Bonchev–Trinajstić information content (AvgIpc) is 2.76. The van der Waals surface area contributed by atoms with Crippen LogP contribution in [0.3, 0.4) is 0 Å². The highest BCUT2D eigenvalue weighted by Crippen LogP contribution is 2.30. The van der Waals surface area contributed by atoms with E-state index in [1.54, 1.807) is 12.4 Å². The number of aromatic nitrogens is 2. The summed E-state index contributed by atoms with van der Waals surface area (Å²) in [5.74, 6) is 0. The summed E-state index contributed by atoms with van der Waals surface area (Å²) in [4.78, 5) is 25.9. The number of hydrogen-bond acceptors (Lipinski definition) is 5. The van der Waals surface area contributed by atoms with Gasteiger partial charge in [-0.1, -0.05) is 0 Å². The summed E-state index contributed by atoms with van der Waals surface area (Å²) >= 11 is 0. The molecule has 0 bridgehead atoms. The third-order valence-corrected chi connectivity index (χ3v) is 2.62. The Balaban J connectivity index is 2.12. The van der Waals surface area contributed by atoms with E-state index < -0.39 is 11.7 Å². The predicted octanol–water partition coefficient (Wildman–Crippen LogP) is 2.40. The molecular formula is C13H19N3O3. The van der Waals surface area contributed by atoms with Crippen LogP contribution in [0.1, 0.15) is 44.6 Å². The molecule has 1 aliphatic heterocycles. The van der Waals surface area contributed by atoms with Gasteiger partial charge in [0.1, 0.15) is 11.6 Å². The van der Waals surface area contributed by atoms with Gasteiger partial charge in [0.2, 0.25) is 0 Å². The average molecular weight is 265 g/mol. The van der Waals surface area contributed by atoms with Gasteiger partial charge in [-0.3, -0.25) is 14.8 Å². The van der Waals surface area contributed by atoms with Crippen LogP contribution < -0.4 is 0 Å².